The Morgan fingerprint density at radius 3 is 2.57 bits per heavy atom. The number of rotatable bonds is 4. The van der Waals surface area contributed by atoms with Crippen LogP contribution in [0.5, 0.6) is 0 Å². The number of nitrogens with two attached hydrogens (primary N) is 1. The molecule has 5 nitrogen and oxygen atoms in total. The SMILES string of the molecule is Nc1ccc(C(=O)Nc2ccccc2CC(=O)O)cc1F. The molecule has 0 atom stereocenters. The number of hydrogen-bond acceptors (Lipinski definition) is 3. The van der Waals surface area contributed by atoms with Crippen molar-refractivity contribution in [3.8, 4) is 0 Å². The van der Waals surface area contributed by atoms with Crippen LogP contribution in [0.1, 0.15) is 15.9 Å². The third-order valence-corrected chi connectivity index (χ3v) is 2.87. The van der Waals surface area contributed by atoms with Gasteiger partial charge in [-0.15, -0.1) is 0 Å². The van der Waals surface area contributed by atoms with E-state index in [2.05, 4.69) is 5.32 Å². The molecule has 2 aromatic rings. The summed E-state index contributed by atoms with van der Waals surface area (Å²) in [5, 5.41) is 11.4. The van der Waals surface area contributed by atoms with Gasteiger partial charge in [-0.2, -0.15) is 0 Å². The smallest absolute Gasteiger partial charge is 0.307 e. The number of carboxylic acid groups (broad SMARTS) is 1. The predicted octanol–water partition coefficient (Wildman–Crippen LogP) is 2.29. The van der Waals surface area contributed by atoms with Crippen LogP contribution >= 0.6 is 0 Å². The molecule has 0 spiro atoms. The van der Waals surface area contributed by atoms with Gasteiger partial charge in [0.25, 0.3) is 5.91 Å². The van der Waals surface area contributed by atoms with Gasteiger partial charge in [-0.1, -0.05) is 18.2 Å². The number of nitrogens with one attached hydrogen (secondary N) is 1. The number of nitrogen functional groups attached to an aromatic ring is 1. The van der Waals surface area contributed by atoms with Crippen LogP contribution in [0, 0.1) is 5.82 Å². The number of para-hydroxylation sites is 1. The topological polar surface area (TPSA) is 92.4 Å². The number of carboxylic acids is 1. The molecule has 4 N–H and O–H groups in total. The van der Waals surface area contributed by atoms with E-state index in [1.54, 1.807) is 24.3 Å². The fourth-order valence-corrected chi connectivity index (χ4v) is 1.82. The Morgan fingerprint density at radius 1 is 1.19 bits per heavy atom. The van der Waals surface area contributed by atoms with Gasteiger partial charge in [-0.25, -0.2) is 4.39 Å². The van der Waals surface area contributed by atoms with Gasteiger partial charge in [-0.3, -0.25) is 9.59 Å². The fourth-order valence-electron chi connectivity index (χ4n) is 1.82. The monoisotopic (exact) mass is 288 g/mol. The highest BCUT2D eigenvalue weighted by molar-refractivity contribution is 6.05. The first kappa shape index (κ1) is 14.5. The first-order valence-corrected chi connectivity index (χ1v) is 6.13. The molecule has 0 saturated heterocycles. The van der Waals surface area contributed by atoms with Crippen molar-refractivity contribution in [2.75, 3.05) is 11.1 Å². The van der Waals surface area contributed by atoms with Crippen molar-refractivity contribution in [1.29, 1.82) is 0 Å². The number of carbonyl (C=O) groups excluding carboxylic acids is 1. The van der Waals surface area contributed by atoms with E-state index in [9.17, 15) is 14.0 Å². The molecule has 0 fully saturated rings. The lowest BCUT2D eigenvalue weighted by Gasteiger charge is -2.10. The van der Waals surface area contributed by atoms with E-state index in [-0.39, 0.29) is 17.7 Å². The van der Waals surface area contributed by atoms with Crippen LogP contribution in [-0.4, -0.2) is 17.0 Å². The number of aliphatic carboxylic acids is 1. The third kappa shape index (κ3) is 3.56. The molecule has 0 aliphatic carbocycles. The van der Waals surface area contributed by atoms with Crippen LogP contribution in [0.15, 0.2) is 42.5 Å². The standard InChI is InChI=1S/C15H13FN2O3/c16-11-7-10(5-6-12(11)17)15(21)18-13-4-2-1-3-9(13)8-14(19)20/h1-7H,8,17H2,(H,18,21)(H,19,20). The lowest BCUT2D eigenvalue weighted by molar-refractivity contribution is -0.136. The van der Waals surface area contributed by atoms with Gasteiger partial charge < -0.3 is 16.2 Å². The molecule has 108 valence electrons. The summed E-state index contributed by atoms with van der Waals surface area (Å²) in [6, 6.07) is 10.3. The summed E-state index contributed by atoms with van der Waals surface area (Å²) in [4.78, 5) is 22.8. The summed E-state index contributed by atoms with van der Waals surface area (Å²) < 4.78 is 13.3. The van der Waals surface area contributed by atoms with Gasteiger partial charge in [0.2, 0.25) is 0 Å². The number of benzene rings is 2. The molecule has 2 rings (SSSR count). The van der Waals surface area contributed by atoms with Gasteiger partial charge in [0.05, 0.1) is 12.1 Å². The highest BCUT2D eigenvalue weighted by Crippen LogP contribution is 2.18. The van der Waals surface area contributed by atoms with E-state index in [0.717, 1.165) is 6.07 Å². The molecule has 2 aromatic carbocycles. The molecule has 0 aliphatic rings. The Hall–Kier alpha value is -2.89. The highest BCUT2D eigenvalue weighted by atomic mass is 19.1. The lowest BCUT2D eigenvalue weighted by atomic mass is 10.1. The zero-order chi connectivity index (χ0) is 15.4. The molecule has 0 saturated carbocycles. The van der Waals surface area contributed by atoms with Crippen LogP contribution in [0.4, 0.5) is 15.8 Å². The molecule has 21 heavy (non-hydrogen) atoms. The van der Waals surface area contributed by atoms with Crippen molar-refractivity contribution in [3.05, 3.63) is 59.4 Å². The van der Waals surface area contributed by atoms with Gasteiger partial charge in [0.1, 0.15) is 5.82 Å². The van der Waals surface area contributed by atoms with E-state index in [1.165, 1.54) is 12.1 Å². The maximum atomic E-state index is 13.3. The Morgan fingerprint density at radius 2 is 1.90 bits per heavy atom. The second-order valence-electron chi connectivity index (χ2n) is 4.42. The summed E-state index contributed by atoms with van der Waals surface area (Å²) in [6.45, 7) is 0. The van der Waals surface area contributed by atoms with E-state index < -0.39 is 17.7 Å². The molecule has 0 unspecified atom stereocenters. The van der Waals surface area contributed by atoms with Crippen molar-refractivity contribution in [2.45, 2.75) is 6.42 Å². The number of anilines is 2. The average molecular weight is 288 g/mol. The van der Waals surface area contributed by atoms with Gasteiger partial charge >= 0.3 is 5.97 Å². The summed E-state index contributed by atoms with van der Waals surface area (Å²) in [6.07, 6.45) is -0.216. The maximum Gasteiger partial charge on any atom is 0.307 e. The van der Waals surface area contributed by atoms with Crippen molar-refractivity contribution >= 4 is 23.3 Å². The predicted molar refractivity (Wildman–Crippen MR) is 76.5 cm³/mol. The van der Waals surface area contributed by atoms with Crippen molar-refractivity contribution < 1.29 is 19.1 Å². The molecular weight excluding hydrogens is 275 g/mol. The quantitative estimate of drug-likeness (QED) is 0.752. The summed E-state index contributed by atoms with van der Waals surface area (Å²) >= 11 is 0. The minimum atomic E-state index is -1.00. The second-order valence-corrected chi connectivity index (χ2v) is 4.42. The Balaban J connectivity index is 2.23. The molecule has 1 amide bonds. The molecule has 6 heteroatoms. The first-order chi connectivity index (χ1) is 9.97. The highest BCUT2D eigenvalue weighted by Gasteiger charge is 2.12. The van der Waals surface area contributed by atoms with Gasteiger partial charge in [0.15, 0.2) is 0 Å². The molecule has 0 aromatic heterocycles. The maximum absolute atomic E-state index is 13.3. The minimum Gasteiger partial charge on any atom is -0.481 e. The number of hydrogen-bond donors (Lipinski definition) is 3. The summed E-state index contributed by atoms with van der Waals surface area (Å²) in [7, 11) is 0. The minimum absolute atomic E-state index is 0.0437. The van der Waals surface area contributed by atoms with E-state index in [0.29, 0.717) is 11.3 Å². The number of halogens is 1. The lowest BCUT2D eigenvalue weighted by Crippen LogP contribution is -2.14. The molecule has 0 aliphatic heterocycles. The van der Waals surface area contributed by atoms with Crippen LogP contribution in [0.25, 0.3) is 0 Å². The van der Waals surface area contributed by atoms with Crippen molar-refractivity contribution in [2.24, 2.45) is 0 Å². The molecular formula is C15H13FN2O3. The zero-order valence-corrected chi connectivity index (χ0v) is 11.0. The average Bonchev–Trinajstić information content (AvgIpc) is 2.43. The third-order valence-electron chi connectivity index (χ3n) is 2.87. The second kappa shape index (κ2) is 6.04. The van der Waals surface area contributed by atoms with Crippen LogP contribution in [0.3, 0.4) is 0 Å². The van der Waals surface area contributed by atoms with Crippen molar-refractivity contribution in [3.63, 3.8) is 0 Å². The molecule has 0 heterocycles. The van der Waals surface area contributed by atoms with Crippen LogP contribution in [0.2, 0.25) is 0 Å². The summed E-state index contributed by atoms with van der Waals surface area (Å²) in [5.41, 5.74) is 6.25. The van der Waals surface area contributed by atoms with E-state index >= 15 is 0 Å². The number of carbonyl (C=O) groups is 2. The van der Waals surface area contributed by atoms with Gasteiger partial charge in [0, 0.05) is 11.3 Å². The van der Waals surface area contributed by atoms with Crippen molar-refractivity contribution in [1.82, 2.24) is 0 Å². The Labute approximate surface area is 120 Å². The largest absolute Gasteiger partial charge is 0.481 e. The Bertz CT molecular complexity index is 701. The number of amides is 1. The molecule has 0 radical (unpaired) electrons. The van der Waals surface area contributed by atoms with E-state index in [1.807, 2.05) is 0 Å². The van der Waals surface area contributed by atoms with Crippen LogP contribution < -0.4 is 11.1 Å². The normalized spacial score (nSPS) is 10.1. The summed E-state index contributed by atoms with van der Waals surface area (Å²) in [5.74, 6) is -2.22. The first-order valence-electron chi connectivity index (χ1n) is 6.13. The molecule has 0 bridgehead atoms. The van der Waals surface area contributed by atoms with E-state index in [4.69, 9.17) is 10.8 Å². The zero-order valence-electron chi connectivity index (χ0n) is 11.0. The Kier molecular flexibility index (Phi) is 4.18. The van der Waals surface area contributed by atoms with Gasteiger partial charge in [-0.05, 0) is 29.8 Å². The fraction of sp³-hybridized carbons (Fsp3) is 0.0667. The van der Waals surface area contributed by atoms with Crippen LogP contribution in [-0.2, 0) is 11.2 Å².